The zero-order chi connectivity index (χ0) is 20.4. The maximum absolute atomic E-state index is 13.1. The number of carbonyl (C=O) groups is 2. The molecule has 0 radical (unpaired) electrons. The minimum Gasteiger partial charge on any atom is -0.485 e. The molecule has 2 aliphatic rings. The van der Waals surface area contributed by atoms with E-state index in [2.05, 4.69) is 10.1 Å². The minimum absolute atomic E-state index is 0.0271. The molecule has 8 nitrogen and oxygen atoms in total. The van der Waals surface area contributed by atoms with Crippen molar-refractivity contribution in [1.29, 1.82) is 0 Å². The van der Waals surface area contributed by atoms with E-state index in [4.69, 9.17) is 9.26 Å². The minimum atomic E-state index is -0.917. The predicted octanol–water partition coefficient (Wildman–Crippen LogP) is 3.07. The number of carbonyl (C=O) groups excluding carboxylic acids is 1. The van der Waals surface area contributed by atoms with Gasteiger partial charge in [0.05, 0.1) is 0 Å². The zero-order valence-electron chi connectivity index (χ0n) is 16.4. The number of carboxylic acids is 1. The molecule has 0 unspecified atom stereocenters. The molecular formula is C21H25N3O5. The lowest BCUT2D eigenvalue weighted by Gasteiger charge is -2.33. The zero-order valence-corrected chi connectivity index (χ0v) is 16.4. The number of amides is 1. The monoisotopic (exact) mass is 399 g/mol. The molecular weight excluding hydrogens is 374 g/mol. The maximum Gasteiger partial charge on any atom is 0.326 e. The van der Waals surface area contributed by atoms with E-state index in [1.54, 1.807) is 29.2 Å². The Kier molecular flexibility index (Phi) is 5.51. The first-order valence-corrected chi connectivity index (χ1v) is 10.2. The maximum atomic E-state index is 13.1. The van der Waals surface area contributed by atoms with Gasteiger partial charge in [0.25, 0.3) is 5.91 Å². The standard InChI is InChI=1S/C21H25N3O5/c1-2-19-22-18(23-29-19)12-28-15-9-7-13(8-10-15)20(25)24-16-6-4-3-5-14(16)11-17(24)21(26)27/h7-10,14,16-17H,2-6,11-12H2,1H3,(H,26,27)/t14-,16-,17-/m0/s1. The van der Waals surface area contributed by atoms with Gasteiger partial charge < -0.3 is 19.3 Å². The molecule has 1 saturated carbocycles. The average Bonchev–Trinajstić information content (AvgIpc) is 3.36. The summed E-state index contributed by atoms with van der Waals surface area (Å²) in [5.41, 5.74) is 0.475. The highest BCUT2D eigenvalue weighted by molar-refractivity contribution is 5.97. The Balaban J connectivity index is 1.44. The second-order valence-electron chi connectivity index (χ2n) is 7.68. The van der Waals surface area contributed by atoms with Crippen molar-refractivity contribution < 1.29 is 24.0 Å². The van der Waals surface area contributed by atoms with Crippen molar-refractivity contribution in [3.05, 3.63) is 41.5 Å². The van der Waals surface area contributed by atoms with Gasteiger partial charge in [0, 0.05) is 18.0 Å². The van der Waals surface area contributed by atoms with Crippen molar-refractivity contribution in [3.63, 3.8) is 0 Å². The summed E-state index contributed by atoms with van der Waals surface area (Å²) in [5.74, 6) is 0.759. The third-order valence-electron chi connectivity index (χ3n) is 5.89. The Bertz CT molecular complexity index is 879. The number of nitrogens with zero attached hydrogens (tertiary/aromatic N) is 3. The summed E-state index contributed by atoms with van der Waals surface area (Å²) in [6.45, 7) is 2.10. The van der Waals surface area contributed by atoms with E-state index >= 15 is 0 Å². The van der Waals surface area contributed by atoms with Crippen molar-refractivity contribution in [2.45, 2.75) is 64.1 Å². The Morgan fingerprint density at radius 2 is 2.00 bits per heavy atom. The van der Waals surface area contributed by atoms with E-state index in [1.807, 2.05) is 6.92 Å². The van der Waals surface area contributed by atoms with Crippen molar-refractivity contribution in [3.8, 4) is 5.75 Å². The van der Waals surface area contributed by atoms with E-state index < -0.39 is 12.0 Å². The second kappa shape index (κ2) is 8.23. The SMILES string of the molecule is CCc1nc(COc2ccc(C(=O)N3[C@H](C(=O)O)C[C@@H]4CCCC[C@@H]43)cc2)no1. The van der Waals surface area contributed by atoms with E-state index in [9.17, 15) is 14.7 Å². The molecule has 1 saturated heterocycles. The van der Waals surface area contributed by atoms with E-state index in [1.165, 1.54) is 0 Å². The molecule has 2 aromatic rings. The van der Waals surface area contributed by atoms with E-state index in [0.29, 0.717) is 41.8 Å². The summed E-state index contributed by atoms with van der Waals surface area (Å²) in [4.78, 5) is 30.7. The number of aromatic nitrogens is 2. The molecule has 154 valence electrons. The quantitative estimate of drug-likeness (QED) is 0.796. The summed E-state index contributed by atoms with van der Waals surface area (Å²) >= 11 is 0. The van der Waals surface area contributed by atoms with Gasteiger partial charge in [-0.25, -0.2) is 4.79 Å². The number of aliphatic carboxylic acids is 1. The summed E-state index contributed by atoms with van der Waals surface area (Å²) < 4.78 is 10.7. The molecule has 1 aliphatic carbocycles. The number of hydrogen-bond donors (Lipinski definition) is 1. The van der Waals surface area contributed by atoms with E-state index in [-0.39, 0.29) is 18.6 Å². The molecule has 0 spiro atoms. The Morgan fingerprint density at radius 1 is 1.24 bits per heavy atom. The fourth-order valence-electron chi connectivity index (χ4n) is 4.46. The predicted molar refractivity (Wildman–Crippen MR) is 102 cm³/mol. The average molecular weight is 399 g/mol. The first-order valence-electron chi connectivity index (χ1n) is 10.2. The van der Waals surface area contributed by atoms with Gasteiger partial charge in [0.15, 0.2) is 6.61 Å². The van der Waals surface area contributed by atoms with Crippen molar-refractivity contribution in [1.82, 2.24) is 15.0 Å². The van der Waals surface area contributed by atoms with Gasteiger partial charge in [-0.2, -0.15) is 4.98 Å². The van der Waals surface area contributed by atoms with Crippen LogP contribution in [-0.2, 0) is 17.8 Å². The van der Waals surface area contributed by atoms with Crippen molar-refractivity contribution in [2.75, 3.05) is 0 Å². The summed E-state index contributed by atoms with van der Waals surface area (Å²) in [6.07, 6.45) is 5.26. The van der Waals surface area contributed by atoms with Gasteiger partial charge in [0.2, 0.25) is 11.7 Å². The lowest BCUT2D eigenvalue weighted by atomic mass is 9.84. The normalized spacial score (nSPS) is 23.6. The van der Waals surface area contributed by atoms with Crippen LogP contribution >= 0.6 is 0 Å². The number of fused-ring (bicyclic) bond motifs is 1. The molecule has 2 fully saturated rings. The Hall–Kier alpha value is -2.90. The third-order valence-corrected chi connectivity index (χ3v) is 5.89. The van der Waals surface area contributed by atoms with Crippen molar-refractivity contribution in [2.24, 2.45) is 5.92 Å². The number of aryl methyl sites for hydroxylation is 1. The summed E-state index contributed by atoms with van der Waals surface area (Å²) in [7, 11) is 0. The first kappa shape index (κ1) is 19.4. The lowest BCUT2D eigenvalue weighted by molar-refractivity contribution is -0.141. The van der Waals surface area contributed by atoms with Crippen LogP contribution in [0.25, 0.3) is 0 Å². The van der Waals surface area contributed by atoms with E-state index in [0.717, 1.165) is 25.7 Å². The summed E-state index contributed by atoms with van der Waals surface area (Å²) in [5, 5.41) is 13.5. The number of ether oxygens (including phenoxy) is 1. The molecule has 4 rings (SSSR count). The molecule has 1 amide bonds. The van der Waals surface area contributed by atoms with Crippen LogP contribution in [0, 0.1) is 5.92 Å². The van der Waals surface area contributed by atoms with Gasteiger partial charge in [0.1, 0.15) is 11.8 Å². The van der Waals surface area contributed by atoms with Crippen LogP contribution in [0.5, 0.6) is 5.75 Å². The molecule has 2 heterocycles. The van der Waals surface area contributed by atoms with Gasteiger partial charge in [-0.15, -0.1) is 0 Å². The summed E-state index contributed by atoms with van der Waals surface area (Å²) in [6, 6.07) is 6.06. The molecule has 1 aromatic heterocycles. The molecule has 1 aliphatic heterocycles. The van der Waals surface area contributed by atoms with Gasteiger partial charge in [-0.1, -0.05) is 24.9 Å². The van der Waals surface area contributed by atoms with Gasteiger partial charge >= 0.3 is 5.97 Å². The topological polar surface area (TPSA) is 106 Å². The van der Waals surface area contributed by atoms with Crippen LogP contribution in [0.2, 0.25) is 0 Å². The molecule has 1 aromatic carbocycles. The van der Waals surface area contributed by atoms with Crippen LogP contribution in [0.1, 0.15) is 61.1 Å². The van der Waals surface area contributed by atoms with Gasteiger partial charge in [-0.3, -0.25) is 4.79 Å². The number of benzene rings is 1. The molecule has 3 atom stereocenters. The Labute approximate surface area is 168 Å². The van der Waals surface area contributed by atoms with Crippen LogP contribution in [0.15, 0.2) is 28.8 Å². The first-order chi connectivity index (χ1) is 14.1. The Morgan fingerprint density at radius 3 is 2.69 bits per heavy atom. The highest BCUT2D eigenvalue weighted by Crippen LogP contribution is 2.40. The largest absolute Gasteiger partial charge is 0.485 e. The number of carboxylic acid groups (broad SMARTS) is 1. The van der Waals surface area contributed by atoms with Crippen LogP contribution < -0.4 is 4.74 Å². The molecule has 0 bridgehead atoms. The molecule has 29 heavy (non-hydrogen) atoms. The second-order valence-corrected chi connectivity index (χ2v) is 7.68. The van der Waals surface area contributed by atoms with Crippen molar-refractivity contribution >= 4 is 11.9 Å². The van der Waals surface area contributed by atoms with Crippen LogP contribution in [0.4, 0.5) is 0 Å². The lowest BCUT2D eigenvalue weighted by Crippen LogP contribution is -2.46. The number of likely N-dealkylation sites (tertiary alicyclic amines) is 1. The van der Waals surface area contributed by atoms with Crippen LogP contribution in [-0.4, -0.2) is 44.1 Å². The molecule has 1 N–H and O–H groups in total. The highest BCUT2D eigenvalue weighted by Gasteiger charge is 2.47. The van der Waals surface area contributed by atoms with Crippen LogP contribution in [0.3, 0.4) is 0 Å². The molecule has 8 heteroatoms. The smallest absolute Gasteiger partial charge is 0.326 e. The number of hydrogen-bond acceptors (Lipinski definition) is 6. The highest BCUT2D eigenvalue weighted by atomic mass is 16.5. The third kappa shape index (κ3) is 3.97. The number of rotatable bonds is 6. The van der Waals surface area contributed by atoms with Gasteiger partial charge in [-0.05, 0) is 49.4 Å². The fourth-order valence-corrected chi connectivity index (χ4v) is 4.46. The fraction of sp³-hybridized carbons (Fsp3) is 0.524.